The zero-order valence-electron chi connectivity index (χ0n) is 18.9. The number of carbonyl (C=O) groups excluding carboxylic acids is 1. The summed E-state index contributed by atoms with van der Waals surface area (Å²) in [5.41, 5.74) is 0. The van der Waals surface area contributed by atoms with E-state index >= 15 is 0 Å². The molecule has 8 N–H and O–H groups in total. The average Bonchev–Trinajstić information content (AvgIpc) is 3.31. The van der Waals surface area contributed by atoms with Crippen molar-refractivity contribution >= 4 is 43.2 Å². The van der Waals surface area contributed by atoms with Gasteiger partial charge in [0.05, 0.1) is 6.61 Å². The normalized spacial score (nSPS) is 33.7. The van der Waals surface area contributed by atoms with Crippen LogP contribution in [0.25, 0.3) is 0 Å². The Bertz CT molecular complexity index is 778. The molecule has 2 fully saturated rings. The van der Waals surface area contributed by atoms with Gasteiger partial charge in [0, 0.05) is 17.4 Å². The Kier molecular flexibility index (Phi) is 13.1. The predicted molar refractivity (Wildman–Crippen MR) is 125 cm³/mol. The molecule has 36 heavy (non-hydrogen) atoms. The second-order valence-corrected chi connectivity index (χ2v) is 13.7. The molecule has 0 spiro atoms. The van der Waals surface area contributed by atoms with Gasteiger partial charge in [-0.3, -0.25) is 18.4 Å². The molecule has 0 amide bonds. The molecular formula is C17H32O15P2S2. The van der Waals surface area contributed by atoms with E-state index in [-0.39, 0.29) is 6.42 Å². The van der Waals surface area contributed by atoms with Gasteiger partial charge in [0.1, 0.15) is 49.3 Å². The van der Waals surface area contributed by atoms with E-state index in [0.717, 1.165) is 25.0 Å². The molecule has 0 aromatic carbocycles. The van der Waals surface area contributed by atoms with Gasteiger partial charge in [0.2, 0.25) is 0 Å². The number of esters is 1. The predicted octanol–water partition coefficient (Wildman–Crippen LogP) is -0.958. The van der Waals surface area contributed by atoms with Crippen molar-refractivity contribution in [1.29, 1.82) is 0 Å². The smallest absolute Gasteiger partial charge is 0.463 e. The van der Waals surface area contributed by atoms with E-state index in [4.69, 9.17) is 14.5 Å². The lowest BCUT2D eigenvalue weighted by Gasteiger charge is -2.43. The van der Waals surface area contributed by atoms with Crippen LogP contribution in [0.5, 0.6) is 0 Å². The van der Waals surface area contributed by atoms with Crippen LogP contribution in [0.3, 0.4) is 0 Å². The second-order valence-electron chi connectivity index (χ2n) is 8.27. The van der Waals surface area contributed by atoms with Crippen LogP contribution >= 0.6 is 37.2 Å². The van der Waals surface area contributed by atoms with E-state index in [0.29, 0.717) is 11.7 Å². The molecule has 1 heterocycles. The minimum absolute atomic E-state index is 0.147. The number of phosphoric ester groups is 2. The lowest BCUT2D eigenvalue weighted by molar-refractivity contribution is -0.216. The molecule has 2 aliphatic rings. The number of hydrogen-bond acceptors (Lipinski definition) is 14. The molecular weight excluding hydrogens is 570 g/mol. The number of rotatable bonds is 14. The number of phosphoric acid groups is 2. The molecule has 7 atom stereocenters. The maximum atomic E-state index is 12.2. The van der Waals surface area contributed by atoms with E-state index in [9.17, 15) is 44.4 Å². The van der Waals surface area contributed by atoms with Gasteiger partial charge < -0.3 is 44.9 Å². The summed E-state index contributed by atoms with van der Waals surface area (Å²) in [6, 6.07) is 0. The highest BCUT2D eigenvalue weighted by Crippen LogP contribution is 2.48. The zero-order valence-corrected chi connectivity index (χ0v) is 22.3. The molecule has 15 nitrogen and oxygen atoms in total. The summed E-state index contributed by atoms with van der Waals surface area (Å²) in [5.74, 6) is 0.568. The van der Waals surface area contributed by atoms with Crippen LogP contribution in [0, 0.1) is 0 Å². The van der Waals surface area contributed by atoms with Gasteiger partial charge in [-0.25, -0.2) is 9.13 Å². The molecule has 1 aliphatic carbocycles. The minimum atomic E-state index is -5.25. The van der Waals surface area contributed by atoms with E-state index in [2.05, 4.69) is 13.6 Å². The third kappa shape index (κ3) is 10.8. The summed E-state index contributed by atoms with van der Waals surface area (Å²) in [6.07, 6.45) is -11.0. The Morgan fingerprint density at radius 3 is 2.03 bits per heavy atom. The van der Waals surface area contributed by atoms with Crippen LogP contribution in [-0.2, 0) is 32.2 Å². The Hall–Kier alpha value is 0.190. The maximum Gasteiger partial charge on any atom is 0.472 e. The van der Waals surface area contributed by atoms with Gasteiger partial charge in [0.15, 0.2) is 0 Å². The monoisotopic (exact) mass is 602 g/mol. The SMILES string of the molecule is O=C(CCCC[C@H]1CCSS1)OCC(O)COP(=O)(O)OC1C(O)C(O)C(OP(=O)(O)O)C(O)C1O. The molecule has 0 aromatic rings. The number of aliphatic hydroxyl groups excluding tert-OH is 5. The lowest BCUT2D eigenvalue weighted by Crippen LogP contribution is -2.64. The second kappa shape index (κ2) is 14.5. The first-order chi connectivity index (χ1) is 16.7. The van der Waals surface area contributed by atoms with Crippen LogP contribution in [0.1, 0.15) is 32.1 Å². The van der Waals surface area contributed by atoms with Crippen molar-refractivity contribution in [3.8, 4) is 0 Å². The average molecular weight is 603 g/mol. The molecule has 0 aromatic heterocycles. The number of unbranched alkanes of at least 4 members (excludes halogenated alkanes) is 1. The topological polar surface area (TPSA) is 250 Å². The van der Waals surface area contributed by atoms with Crippen LogP contribution in [0.15, 0.2) is 0 Å². The molecule has 212 valence electrons. The van der Waals surface area contributed by atoms with Gasteiger partial charge >= 0.3 is 21.6 Å². The van der Waals surface area contributed by atoms with Crippen LogP contribution < -0.4 is 0 Å². The number of hydrogen-bond donors (Lipinski definition) is 8. The Balaban J connectivity index is 1.73. The minimum Gasteiger partial charge on any atom is -0.463 e. The first-order valence-electron chi connectivity index (χ1n) is 10.9. The molecule has 19 heteroatoms. The highest BCUT2D eigenvalue weighted by Gasteiger charge is 2.54. The summed E-state index contributed by atoms with van der Waals surface area (Å²) >= 11 is 0. The molecule has 0 bridgehead atoms. The molecule has 1 saturated heterocycles. The highest BCUT2D eigenvalue weighted by atomic mass is 33.1. The third-order valence-electron chi connectivity index (χ3n) is 5.31. The standard InChI is InChI=1S/C17H32O15P2S2/c18-9(7-29-11(19)4-2-1-3-10-5-6-35-36-10)8-30-34(27,28)32-17-14(22)12(20)16(13(21)15(17)23)31-33(24,25)26/h9-10,12-18,20-23H,1-8H2,(H,27,28)(H2,24,25,26)/t9?,10-,12?,13?,14?,15?,16?,17?/m0/s1. The van der Waals surface area contributed by atoms with Crippen molar-refractivity contribution in [1.82, 2.24) is 0 Å². The van der Waals surface area contributed by atoms with E-state index in [1.807, 2.05) is 21.6 Å². The maximum absolute atomic E-state index is 12.2. The van der Waals surface area contributed by atoms with Crippen molar-refractivity contribution in [2.45, 2.75) is 80.1 Å². The fourth-order valence-corrected chi connectivity index (χ4v) is 8.04. The quantitative estimate of drug-likeness (QED) is 0.0516. The summed E-state index contributed by atoms with van der Waals surface area (Å²) < 4.78 is 41.3. The highest BCUT2D eigenvalue weighted by molar-refractivity contribution is 8.77. The van der Waals surface area contributed by atoms with Gasteiger partial charge in [-0.15, -0.1) is 0 Å². The van der Waals surface area contributed by atoms with Gasteiger partial charge in [-0.05, 0) is 19.3 Å². The first kappa shape index (κ1) is 32.4. The van der Waals surface area contributed by atoms with Crippen LogP contribution in [0.2, 0.25) is 0 Å². The first-order valence-corrected chi connectivity index (χ1v) is 16.3. The Labute approximate surface area is 214 Å². The van der Waals surface area contributed by atoms with Crippen LogP contribution in [0.4, 0.5) is 0 Å². The summed E-state index contributed by atoms with van der Waals surface area (Å²) in [6.45, 7) is -1.40. The largest absolute Gasteiger partial charge is 0.472 e. The molecule has 0 radical (unpaired) electrons. The molecule has 6 unspecified atom stereocenters. The molecule has 1 saturated carbocycles. The van der Waals surface area contributed by atoms with Crippen molar-refractivity contribution in [3.05, 3.63) is 0 Å². The number of aliphatic hydroxyl groups is 5. The fourth-order valence-electron chi connectivity index (χ4n) is 3.47. The summed E-state index contributed by atoms with van der Waals surface area (Å²) in [4.78, 5) is 39.3. The van der Waals surface area contributed by atoms with Crippen molar-refractivity contribution in [3.63, 3.8) is 0 Å². The number of carbonyl (C=O) groups is 1. The summed E-state index contributed by atoms with van der Waals surface area (Å²) in [7, 11) is -6.69. The van der Waals surface area contributed by atoms with Gasteiger partial charge in [-0.2, -0.15) is 0 Å². The molecule has 2 rings (SSSR count). The van der Waals surface area contributed by atoms with Crippen LogP contribution in [-0.4, -0.2) is 113 Å². The zero-order chi connectivity index (χ0) is 27.1. The van der Waals surface area contributed by atoms with E-state index in [1.54, 1.807) is 0 Å². The lowest BCUT2D eigenvalue weighted by atomic mass is 9.85. The van der Waals surface area contributed by atoms with E-state index in [1.165, 1.54) is 0 Å². The van der Waals surface area contributed by atoms with Crippen molar-refractivity contribution < 1.29 is 72.4 Å². The third-order valence-corrected chi connectivity index (χ3v) is 9.82. The van der Waals surface area contributed by atoms with E-state index < -0.39 is 77.6 Å². The Morgan fingerprint density at radius 1 is 0.917 bits per heavy atom. The summed E-state index contributed by atoms with van der Waals surface area (Å²) in [5, 5.41) is 50.5. The van der Waals surface area contributed by atoms with Crippen molar-refractivity contribution in [2.75, 3.05) is 19.0 Å². The Morgan fingerprint density at radius 2 is 1.50 bits per heavy atom. The van der Waals surface area contributed by atoms with Gasteiger partial charge in [0.25, 0.3) is 0 Å². The number of ether oxygens (including phenoxy) is 1. The molecule has 1 aliphatic heterocycles. The van der Waals surface area contributed by atoms with Crippen molar-refractivity contribution in [2.24, 2.45) is 0 Å². The fraction of sp³-hybridized carbons (Fsp3) is 0.941. The van der Waals surface area contributed by atoms with Gasteiger partial charge in [-0.1, -0.05) is 28.0 Å².